The molecule has 122 heavy (non-hydrogen) atoms. The highest BCUT2D eigenvalue weighted by Crippen LogP contribution is 2.46. The van der Waals surface area contributed by atoms with Crippen LogP contribution in [0.25, 0.3) is 111 Å². The Labute approximate surface area is 686 Å². The average Bonchev–Trinajstić information content (AvgIpc) is 0.750. The van der Waals surface area contributed by atoms with E-state index in [4.69, 9.17) is 45.8 Å². The van der Waals surface area contributed by atoms with Crippen molar-refractivity contribution in [2.24, 2.45) is 0 Å². The van der Waals surface area contributed by atoms with Crippen molar-refractivity contribution in [3.63, 3.8) is 0 Å². The predicted octanol–water partition coefficient (Wildman–Crippen LogP) is 12.2. The number of methoxy groups -OCH3 is 5. The fourth-order valence-electron chi connectivity index (χ4n) is 13.2. The average molecular weight is 1680 g/mol. The Kier molecular flexibility index (Phi) is 25.8. The molecule has 0 unspecified atom stereocenters. The molecule has 0 amide bonds. The summed E-state index contributed by atoms with van der Waals surface area (Å²) in [5.74, 6) is -3.55. The molecule has 0 aliphatic carbocycles. The smallest absolute Gasteiger partial charge is 0.238 e. The van der Waals surface area contributed by atoms with Crippen LogP contribution in [-0.4, -0.2) is 127 Å². The van der Waals surface area contributed by atoms with E-state index in [1.54, 1.807) is 70.3 Å². The largest absolute Gasteiger partial charge is 0.508 e. The second kappa shape index (κ2) is 36.1. The maximum absolute atomic E-state index is 13.0. The van der Waals surface area contributed by atoms with Crippen molar-refractivity contribution >= 4 is 54.8 Å². The summed E-state index contributed by atoms with van der Waals surface area (Å²) >= 11 is 0. The number of hydrogen-bond acceptors (Lipinski definition) is 33. The summed E-state index contributed by atoms with van der Waals surface area (Å²) in [6, 6.07) is 33.2. The second-order valence-corrected chi connectivity index (χ2v) is 27.1. The first-order valence-electron chi connectivity index (χ1n) is 36.2. The van der Waals surface area contributed by atoms with Crippen LogP contribution in [0.4, 0.5) is 0 Å². The molecule has 0 saturated carbocycles. The van der Waals surface area contributed by atoms with Gasteiger partial charge in [0, 0.05) is 51.1 Å². The van der Waals surface area contributed by atoms with E-state index < -0.39 is 74.9 Å². The number of aliphatic hydroxyl groups is 5. The van der Waals surface area contributed by atoms with Gasteiger partial charge in [-0.15, -0.1) is 0 Å². The lowest BCUT2D eigenvalue weighted by atomic mass is 10.00. The highest BCUT2D eigenvalue weighted by atomic mass is 16.5. The normalized spacial score (nSPS) is 11.0. The molecule has 0 bridgehead atoms. The number of aryl methyl sites for hydroxylation is 4. The molecule has 632 valence electrons. The van der Waals surface area contributed by atoms with E-state index in [-0.39, 0.29) is 178 Å². The standard InChI is InChI=1S/C21H22O8.C18H16O6.C17H14O7.C17H14O6.C16H12O6/c1-10-7-11(5-6-14(10)26-2)18-17(25)16(24)15-19(27-3)12(8-22)13(9-23)20(28-4)21(15)29-18;1-9-5-11(3-4-12(9)20)17-18(23-2)16(22)15-13(21)6-10(8-19)7-14(15)24-17;1-23-12-6-9(2-3-10(12)19)17-16(22)15(21)14-11(20)4-8(7-18)5-13(14)24-17;1-8-4-10(2-3-11(8)19)17-16(22)15(21)14-12(20)5-9(7-18)6-13(14)23-17;1-7-4-8(2-3-10(7)18)16-15(21)14(20)13-11(19)5-9(17)6-12(13)22-16/h5-7,22-23,25H,8-9H2,1-4H3;3-7,19-21H,8H2,1-2H3;2-6,18-20,22H,7H2,1H3;2-6,18-20,22H,7H2,1H3;2-6,17-19,21H,1H3. The van der Waals surface area contributed by atoms with Crippen LogP contribution in [0.3, 0.4) is 0 Å². The van der Waals surface area contributed by atoms with Crippen molar-refractivity contribution in [3.05, 3.63) is 241 Å². The monoisotopic (exact) mass is 1670 g/mol. The van der Waals surface area contributed by atoms with Gasteiger partial charge in [-0.05, 0) is 194 Å². The zero-order valence-corrected chi connectivity index (χ0v) is 66.0. The van der Waals surface area contributed by atoms with Crippen LogP contribution in [0.15, 0.2) is 186 Å². The molecule has 15 rings (SSSR count). The summed E-state index contributed by atoms with van der Waals surface area (Å²) in [6.45, 7) is 4.90. The zero-order valence-electron chi connectivity index (χ0n) is 66.0. The zero-order chi connectivity index (χ0) is 88.9. The van der Waals surface area contributed by atoms with E-state index in [9.17, 15) is 116 Å². The third-order valence-electron chi connectivity index (χ3n) is 19.3. The van der Waals surface area contributed by atoms with Crippen molar-refractivity contribution < 1.29 is 138 Å². The van der Waals surface area contributed by atoms with Gasteiger partial charge in [0.05, 0.1) is 68.6 Å². The number of aliphatic hydroxyl groups excluding tert-OH is 5. The molecule has 0 atom stereocenters. The van der Waals surface area contributed by atoms with E-state index in [1.807, 2.05) is 6.92 Å². The predicted molar refractivity (Wildman–Crippen MR) is 443 cm³/mol. The Hall–Kier alpha value is -15.6. The van der Waals surface area contributed by atoms with E-state index in [0.29, 0.717) is 66.9 Å². The van der Waals surface area contributed by atoms with Crippen molar-refractivity contribution in [1.29, 1.82) is 0 Å². The number of hydrogen-bond donors (Lipinski definition) is 18. The van der Waals surface area contributed by atoms with Gasteiger partial charge in [0.15, 0.2) is 51.6 Å². The molecule has 18 N–H and O–H groups in total. The molecule has 0 radical (unpaired) electrons. The molecular weight excluding hydrogens is 1600 g/mol. The number of fused-ring (bicyclic) bond motifs is 5. The summed E-state index contributed by atoms with van der Waals surface area (Å²) in [4.78, 5) is 62.6. The molecule has 0 aliphatic rings. The third kappa shape index (κ3) is 16.9. The number of ether oxygens (including phenoxy) is 5. The van der Waals surface area contributed by atoms with Gasteiger partial charge in [0.25, 0.3) is 0 Å². The topological polar surface area (TPSA) is 561 Å². The van der Waals surface area contributed by atoms with Crippen LogP contribution in [0.2, 0.25) is 0 Å². The summed E-state index contributed by atoms with van der Waals surface area (Å²) < 4.78 is 54.4. The lowest BCUT2D eigenvalue weighted by molar-refractivity contribution is 0.248. The summed E-state index contributed by atoms with van der Waals surface area (Å²) in [5, 5.41) is 175. The Balaban J connectivity index is 0.000000149. The van der Waals surface area contributed by atoms with Crippen molar-refractivity contribution in [2.45, 2.75) is 60.7 Å². The summed E-state index contributed by atoms with van der Waals surface area (Å²) in [6.07, 6.45) is 0. The fraction of sp³-hybridized carbons (Fsp3) is 0.157. The van der Waals surface area contributed by atoms with Gasteiger partial charge in [-0.3, -0.25) is 24.0 Å². The van der Waals surface area contributed by atoms with Crippen molar-refractivity contribution in [3.8, 4) is 160 Å². The lowest BCUT2D eigenvalue weighted by Gasteiger charge is -2.18. The molecule has 0 fully saturated rings. The van der Waals surface area contributed by atoms with Crippen LogP contribution in [0.5, 0.6) is 103 Å². The van der Waals surface area contributed by atoms with Gasteiger partial charge < -0.3 is 138 Å². The molecule has 5 heterocycles. The van der Waals surface area contributed by atoms with E-state index >= 15 is 0 Å². The Morgan fingerprint density at radius 3 is 0.934 bits per heavy atom. The van der Waals surface area contributed by atoms with Crippen LogP contribution in [0, 0.1) is 27.7 Å². The Morgan fingerprint density at radius 1 is 0.262 bits per heavy atom. The molecule has 10 aromatic carbocycles. The summed E-state index contributed by atoms with van der Waals surface area (Å²) in [5.41, 5.74) is 2.65. The molecule has 5 aromatic heterocycles. The second-order valence-electron chi connectivity index (χ2n) is 27.1. The van der Waals surface area contributed by atoms with E-state index in [1.165, 1.54) is 119 Å². The van der Waals surface area contributed by atoms with Gasteiger partial charge >= 0.3 is 0 Å². The van der Waals surface area contributed by atoms with Crippen LogP contribution >= 0.6 is 0 Å². The maximum atomic E-state index is 13.0. The van der Waals surface area contributed by atoms with Crippen LogP contribution in [-0.2, 0) is 33.0 Å². The van der Waals surface area contributed by atoms with Gasteiger partial charge in [-0.2, -0.15) is 0 Å². The van der Waals surface area contributed by atoms with Crippen LogP contribution < -0.4 is 50.8 Å². The van der Waals surface area contributed by atoms with Gasteiger partial charge in [-0.1, -0.05) is 0 Å². The minimum absolute atomic E-state index is 0.00290. The molecular formula is C89H78O33. The van der Waals surface area contributed by atoms with Gasteiger partial charge in [-0.25, -0.2) is 0 Å². The van der Waals surface area contributed by atoms with Crippen molar-refractivity contribution in [2.75, 3.05) is 35.5 Å². The molecule has 33 nitrogen and oxygen atoms in total. The quantitative estimate of drug-likeness (QED) is 0.0453. The first-order chi connectivity index (χ1) is 58.1. The van der Waals surface area contributed by atoms with Gasteiger partial charge in [0.1, 0.15) is 107 Å². The highest BCUT2D eigenvalue weighted by molar-refractivity contribution is 5.95. The first kappa shape index (κ1) is 87.3. The minimum Gasteiger partial charge on any atom is -0.508 e. The minimum atomic E-state index is -0.806. The van der Waals surface area contributed by atoms with E-state index in [2.05, 4.69) is 0 Å². The number of benzene rings is 10. The van der Waals surface area contributed by atoms with Crippen molar-refractivity contribution in [1.82, 2.24) is 0 Å². The number of rotatable bonds is 15. The Morgan fingerprint density at radius 2 is 0.574 bits per heavy atom. The number of phenols is 9. The number of aromatic hydroxyl groups is 13. The fourth-order valence-corrected chi connectivity index (χ4v) is 13.2. The lowest BCUT2D eigenvalue weighted by Crippen LogP contribution is -2.10. The highest BCUT2D eigenvalue weighted by Gasteiger charge is 2.30. The van der Waals surface area contributed by atoms with Gasteiger partial charge in [0.2, 0.25) is 55.9 Å². The maximum Gasteiger partial charge on any atom is 0.238 e. The summed E-state index contributed by atoms with van der Waals surface area (Å²) in [7, 11) is 6.92. The molecule has 0 spiro atoms. The molecule has 0 aliphatic heterocycles. The van der Waals surface area contributed by atoms with E-state index in [0.717, 1.165) is 11.6 Å². The first-order valence-corrected chi connectivity index (χ1v) is 36.2. The SMILES string of the molecule is COc1c(-c2ccc(O)c(C)c2)oc2cc(CO)cc(O)c2c1=O.COc1cc(-c2oc3cc(CO)cc(O)c3c(=O)c2O)ccc1O.COc1ccc(-c2oc3c(OC)c(CO)c(CO)c(OC)c3c(=O)c2O)cc1C.Cc1cc(-c2oc3cc(CO)cc(O)c3c(=O)c2O)ccc1O.Cc1cc(-c2oc3cc(O)cc(O)c3c(=O)c2O)ccc1O. The Bertz CT molecular complexity index is 6950. The number of phenolic OH excluding ortho intramolecular Hbond substituents is 9. The molecule has 0 saturated heterocycles. The molecule has 33 heteroatoms. The third-order valence-corrected chi connectivity index (χ3v) is 19.3. The van der Waals surface area contributed by atoms with Crippen LogP contribution in [0.1, 0.15) is 50.1 Å². The molecule has 15 aromatic rings.